The van der Waals surface area contributed by atoms with E-state index in [1.807, 2.05) is 12.1 Å². The second kappa shape index (κ2) is 6.68. The molecule has 1 aromatic carbocycles. The Morgan fingerprint density at radius 1 is 1.28 bits per heavy atom. The molecular weight excluding hydrogens is 314 g/mol. The van der Waals surface area contributed by atoms with Crippen molar-refractivity contribution in [3.63, 3.8) is 0 Å². The molecule has 0 aliphatic carbocycles. The van der Waals surface area contributed by atoms with Gasteiger partial charge in [-0.05, 0) is 37.4 Å². The molecule has 1 rings (SSSR count). The minimum Gasteiger partial charge on any atom is -0.214 e. The van der Waals surface area contributed by atoms with Crippen LogP contribution in [-0.4, -0.2) is 20.3 Å². The van der Waals surface area contributed by atoms with E-state index < -0.39 is 10.0 Å². The molecule has 0 saturated heterocycles. The molecule has 0 spiro atoms. The Hall–Kier alpha value is -0.390. The normalized spacial score (nSPS) is 13.8. The van der Waals surface area contributed by atoms with E-state index in [4.69, 9.17) is 0 Å². The minimum atomic E-state index is -3.37. The van der Waals surface area contributed by atoms with Crippen LogP contribution in [0.3, 0.4) is 0 Å². The van der Waals surface area contributed by atoms with E-state index in [1.165, 1.54) is 7.05 Å². The Labute approximate surface area is 118 Å². The van der Waals surface area contributed by atoms with Crippen molar-refractivity contribution in [2.24, 2.45) is 5.92 Å². The molecule has 1 aromatic rings. The van der Waals surface area contributed by atoms with Gasteiger partial charge in [-0.1, -0.05) is 48.0 Å². The molecule has 0 aliphatic rings. The van der Waals surface area contributed by atoms with Gasteiger partial charge >= 0.3 is 0 Å². The summed E-state index contributed by atoms with van der Waals surface area (Å²) in [4.78, 5) is 0.673. The summed E-state index contributed by atoms with van der Waals surface area (Å²) >= 11 is 3.62. The fourth-order valence-corrected chi connectivity index (χ4v) is 3.95. The lowest BCUT2D eigenvalue weighted by Gasteiger charge is -2.15. The Bertz CT molecular complexity index is 486. The highest BCUT2D eigenvalue weighted by atomic mass is 79.9. The molecule has 0 fully saturated rings. The molecule has 0 bridgehead atoms. The van der Waals surface area contributed by atoms with Gasteiger partial charge in [0.25, 0.3) is 0 Å². The van der Waals surface area contributed by atoms with Crippen molar-refractivity contribution in [1.29, 1.82) is 0 Å². The second-order valence-electron chi connectivity index (χ2n) is 4.75. The van der Waals surface area contributed by atoms with Gasteiger partial charge in [0, 0.05) is 4.83 Å². The van der Waals surface area contributed by atoms with Crippen LogP contribution in [-0.2, 0) is 16.4 Å². The molecule has 102 valence electrons. The molecule has 3 nitrogen and oxygen atoms in total. The van der Waals surface area contributed by atoms with Crippen LogP contribution in [0.5, 0.6) is 0 Å². The van der Waals surface area contributed by atoms with Crippen molar-refractivity contribution in [1.82, 2.24) is 4.72 Å². The molecule has 0 saturated carbocycles. The smallest absolute Gasteiger partial charge is 0.214 e. The first-order valence-corrected chi connectivity index (χ1v) is 8.42. The third kappa shape index (κ3) is 4.37. The first-order chi connectivity index (χ1) is 8.36. The average Bonchev–Trinajstić information content (AvgIpc) is 2.28. The Kier molecular flexibility index (Phi) is 5.82. The SMILES string of the molecule is CNS(=O)(=O)c1ccccc1CC(Br)CC(C)C. The number of rotatable bonds is 6. The largest absolute Gasteiger partial charge is 0.240 e. The van der Waals surface area contributed by atoms with E-state index in [1.54, 1.807) is 12.1 Å². The zero-order valence-corrected chi connectivity index (χ0v) is 13.4. The molecule has 1 atom stereocenters. The van der Waals surface area contributed by atoms with Gasteiger partial charge in [0.2, 0.25) is 10.0 Å². The molecule has 0 radical (unpaired) electrons. The van der Waals surface area contributed by atoms with Crippen molar-refractivity contribution < 1.29 is 8.42 Å². The Morgan fingerprint density at radius 2 is 1.89 bits per heavy atom. The highest BCUT2D eigenvalue weighted by Crippen LogP contribution is 2.22. The van der Waals surface area contributed by atoms with Gasteiger partial charge in [0.15, 0.2) is 0 Å². The summed E-state index contributed by atoms with van der Waals surface area (Å²) in [6, 6.07) is 7.15. The summed E-state index contributed by atoms with van der Waals surface area (Å²) in [6.45, 7) is 4.31. The lowest BCUT2D eigenvalue weighted by atomic mass is 10.0. The first-order valence-electron chi connectivity index (χ1n) is 6.02. The summed E-state index contributed by atoms with van der Waals surface area (Å²) in [6.07, 6.45) is 1.74. The van der Waals surface area contributed by atoms with Crippen LogP contribution in [0.4, 0.5) is 0 Å². The van der Waals surface area contributed by atoms with Crippen LogP contribution in [0.1, 0.15) is 25.8 Å². The van der Waals surface area contributed by atoms with Crippen molar-refractivity contribution in [2.75, 3.05) is 7.05 Å². The minimum absolute atomic E-state index is 0.297. The number of sulfonamides is 1. The maximum Gasteiger partial charge on any atom is 0.240 e. The van der Waals surface area contributed by atoms with E-state index in [9.17, 15) is 8.42 Å². The van der Waals surface area contributed by atoms with Crippen molar-refractivity contribution in [3.05, 3.63) is 29.8 Å². The molecular formula is C13H20BrNO2S. The molecule has 1 N–H and O–H groups in total. The summed E-state index contributed by atoms with van der Waals surface area (Å²) < 4.78 is 26.2. The second-order valence-corrected chi connectivity index (χ2v) is 7.90. The van der Waals surface area contributed by atoms with Crippen LogP contribution in [0.15, 0.2) is 29.2 Å². The predicted molar refractivity (Wildman–Crippen MR) is 78.6 cm³/mol. The highest BCUT2D eigenvalue weighted by molar-refractivity contribution is 9.09. The van der Waals surface area contributed by atoms with Crippen molar-refractivity contribution in [2.45, 2.75) is 36.4 Å². The van der Waals surface area contributed by atoms with Gasteiger partial charge in [-0.25, -0.2) is 13.1 Å². The van der Waals surface area contributed by atoms with Crippen molar-refractivity contribution in [3.8, 4) is 0 Å². The van der Waals surface area contributed by atoms with E-state index >= 15 is 0 Å². The zero-order valence-electron chi connectivity index (χ0n) is 11.0. The molecule has 0 heterocycles. The lowest BCUT2D eigenvalue weighted by Crippen LogP contribution is -2.21. The Balaban J connectivity index is 2.97. The van der Waals surface area contributed by atoms with Crippen LogP contribution in [0.2, 0.25) is 0 Å². The standard InChI is InChI=1S/C13H20BrNO2S/c1-10(2)8-12(14)9-11-6-4-5-7-13(11)18(16,17)15-3/h4-7,10,12,15H,8-9H2,1-3H3. The van der Waals surface area contributed by atoms with Crippen LogP contribution >= 0.6 is 15.9 Å². The lowest BCUT2D eigenvalue weighted by molar-refractivity contribution is 0.566. The monoisotopic (exact) mass is 333 g/mol. The van der Waals surface area contributed by atoms with Crippen molar-refractivity contribution >= 4 is 26.0 Å². The highest BCUT2D eigenvalue weighted by Gasteiger charge is 2.18. The van der Waals surface area contributed by atoms with E-state index in [0.29, 0.717) is 15.6 Å². The predicted octanol–water partition coefficient (Wildman–Crippen LogP) is 2.95. The maximum absolute atomic E-state index is 11.9. The Morgan fingerprint density at radius 3 is 2.44 bits per heavy atom. The van der Waals surface area contributed by atoms with Gasteiger partial charge in [0.1, 0.15) is 0 Å². The average molecular weight is 334 g/mol. The number of benzene rings is 1. The van der Waals surface area contributed by atoms with Crippen LogP contribution in [0, 0.1) is 5.92 Å². The van der Waals surface area contributed by atoms with Gasteiger partial charge < -0.3 is 0 Å². The molecule has 1 unspecified atom stereocenters. The number of hydrogen-bond acceptors (Lipinski definition) is 2. The number of alkyl halides is 1. The molecule has 0 aromatic heterocycles. The summed E-state index contributed by atoms with van der Waals surface area (Å²) in [7, 11) is -1.94. The topological polar surface area (TPSA) is 46.2 Å². The van der Waals surface area contributed by atoms with Crippen LogP contribution < -0.4 is 4.72 Å². The molecule has 18 heavy (non-hydrogen) atoms. The first kappa shape index (κ1) is 15.7. The van der Waals surface area contributed by atoms with Gasteiger partial charge in [-0.15, -0.1) is 0 Å². The fraction of sp³-hybridized carbons (Fsp3) is 0.538. The summed E-state index contributed by atoms with van der Waals surface area (Å²) in [5, 5.41) is 0. The maximum atomic E-state index is 11.9. The number of nitrogens with one attached hydrogen (secondary N) is 1. The third-order valence-corrected chi connectivity index (χ3v) is 4.91. The van der Waals surface area contributed by atoms with Crippen LogP contribution in [0.25, 0.3) is 0 Å². The quantitative estimate of drug-likeness (QED) is 0.813. The molecule has 0 aliphatic heterocycles. The van der Waals surface area contributed by atoms with Gasteiger partial charge in [0.05, 0.1) is 4.90 Å². The van der Waals surface area contributed by atoms with E-state index in [2.05, 4.69) is 34.5 Å². The molecule has 5 heteroatoms. The van der Waals surface area contributed by atoms with Gasteiger partial charge in [-0.2, -0.15) is 0 Å². The number of hydrogen-bond donors (Lipinski definition) is 1. The number of halogens is 1. The zero-order chi connectivity index (χ0) is 13.8. The third-order valence-electron chi connectivity index (χ3n) is 2.70. The summed E-state index contributed by atoms with van der Waals surface area (Å²) in [5.74, 6) is 0.586. The fourth-order valence-electron chi connectivity index (χ4n) is 1.88. The van der Waals surface area contributed by atoms with E-state index in [0.717, 1.165) is 18.4 Å². The summed E-state index contributed by atoms with van der Waals surface area (Å²) in [5.41, 5.74) is 0.856. The van der Waals surface area contributed by atoms with Gasteiger partial charge in [-0.3, -0.25) is 0 Å². The molecule has 0 amide bonds. The van der Waals surface area contributed by atoms with E-state index in [-0.39, 0.29) is 0 Å².